The highest BCUT2D eigenvalue weighted by molar-refractivity contribution is 6.03. The van der Waals surface area contributed by atoms with E-state index in [-0.39, 0.29) is 5.56 Å². The number of nitrogens with zero attached hydrogens (tertiary/aromatic N) is 2. The Bertz CT molecular complexity index is 632. The third-order valence-corrected chi connectivity index (χ3v) is 2.60. The smallest absolute Gasteiger partial charge is 0.263 e. The van der Waals surface area contributed by atoms with Crippen LogP contribution in [-0.4, -0.2) is 30.0 Å². The molecule has 0 aliphatic heterocycles. The van der Waals surface area contributed by atoms with Crippen LogP contribution >= 0.6 is 0 Å². The fraction of sp³-hybridized carbons (Fsp3) is 0.154. The van der Waals surface area contributed by atoms with E-state index in [1.807, 2.05) is 31.1 Å². The quantitative estimate of drug-likeness (QED) is 0.863. The van der Waals surface area contributed by atoms with Crippen LogP contribution in [0.3, 0.4) is 0 Å². The van der Waals surface area contributed by atoms with Crippen molar-refractivity contribution in [1.82, 2.24) is 9.97 Å². The molecule has 0 radical (unpaired) electrons. The van der Waals surface area contributed by atoms with Crippen molar-refractivity contribution in [3.8, 4) is 0 Å². The molecule has 0 spiro atoms. The topological polar surface area (TPSA) is 78.1 Å². The molecule has 1 heterocycles. The van der Waals surface area contributed by atoms with Gasteiger partial charge in [-0.1, -0.05) is 0 Å². The van der Waals surface area contributed by atoms with Gasteiger partial charge in [-0.3, -0.25) is 9.59 Å². The fourth-order valence-electron chi connectivity index (χ4n) is 1.55. The zero-order chi connectivity index (χ0) is 13.8. The SMILES string of the molecule is CN(C)c1ccc(NC(=O)c2cnc[nH]c2=O)cc1. The molecule has 0 atom stereocenters. The summed E-state index contributed by atoms with van der Waals surface area (Å²) in [7, 11) is 3.87. The minimum absolute atomic E-state index is 0.0146. The van der Waals surface area contributed by atoms with Crippen LogP contribution in [0.25, 0.3) is 0 Å². The maximum absolute atomic E-state index is 11.9. The van der Waals surface area contributed by atoms with Crippen LogP contribution in [-0.2, 0) is 0 Å². The second kappa shape index (κ2) is 5.34. The molecule has 2 rings (SSSR count). The number of carbonyl (C=O) groups is 1. The van der Waals surface area contributed by atoms with Gasteiger partial charge in [0, 0.05) is 31.7 Å². The molecule has 0 saturated heterocycles. The molecule has 0 saturated carbocycles. The van der Waals surface area contributed by atoms with Crippen LogP contribution < -0.4 is 15.8 Å². The molecule has 0 aliphatic carbocycles. The number of nitrogens with one attached hydrogen (secondary N) is 2. The number of aromatic amines is 1. The predicted octanol–water partition coefficient (Wildman–Crippen LogP) is 1.09. The minimum Gasteiger partial charge on any atom is -0.378 e. The van der Waals surface area contributed by atoms with E-state index in [1.165, 1.54) is 12.5 Å². The lowest BCUT2D eigenvalue weighted by molar-refractivity contribution is 0.102. The monoisotopic (exact) mass is 258 g/mol. The van der Waals surface area contributed by atoms with Crippen molar-refractivity contribution in [3.63, 3.8) is 0 Å². The van der Waals surface area contributed by atoms with E-state index in [9.17, 15) is 9.59 Å². The van der Waals surface area contributed by atoms with Gasteiger partial charge in [-0.15, -0.1) is 0 Å². The van der Waals surface area contributed by atoms with Crippen molar-refractivity contribution in [2.24, 2.45) is 0 Å². The van der Waals surface area contributed by atoms with E-state index in [4.69, 9.17) is 0 Å². The Hall–Kier alpha value is -2.63. The summed E-state index contributed by atoms with van der Waals surface area (Å²) in [5.74, 6) is -0.480. The van der Waals surface area contributed by atoms with E-state index in [1.54, 1.807) is 12.1 Å². The van der Waals surface area contributed by atoms with Gasteiger partial charge in [0.1, 0.15) is 5.56 Å². The molecular formula is C13H14N4O2. The standard InChI is InChI=1S/C13H14N4O2/c1-17(2)10-5-3-9(4-6-10)16-13(19)11-7-14-8-15-12(11)18/h3-8H,1-2H3,(H,16,19)(H,14,15,18). The number of anilines is 2. The van der Waals surface area contributed by atoms with Crippen molar-refractivity contribution >= 4 is 17.3 Å². The third-order valence-electron chi connectivity index (χ3n) is 2.60. The lowest BCUT2D eigenvalue weighted by Gasteiger charge is -2.12. The van der Waals surface area contributed by atoms with Crippen molar-refractivity contribution in [1.29, 1.82) is 0 Å². The van der Waals surface area contributed by atoms with Gasteiger partial charge >= 0.3 is 0 Å². The first kappa shape index (κ1) is 12.8. The maximum Gasteiger partial charge on any atom is 0.263 e. The molecule has 2 N–H and O–H groups in total. The van der Waals surface area contributed by atoms with E-state index in [0.29, 0.717) is 5.69 Å². The highest BCUT2D eigenvalue weighted by Gasteiger charge is 2.10. The number of benzene rings is 1. The summed E-state index contributed by atoms with van der Waals surface area (Å²) in [4.78, 5) is 31.3. The van der Waals surface area contributed by atoms with E-state index >= 15 is 0 Å². The van der Waals surface area contributed by atoms with Crippen LogP contribution in [0.15, 0.2) is 41.6 Å². The van der Waals surface area contributed by atoms with Crippen molar-refractivity contribution in [3.05, 3.63) is 52.7 Å². The minimum atomic E-state index is -0.480. The normalized spacial score (nSPS) is 10.0. The second-order valence-corrected chi connectivity index (χ2v) is 4.19. The summed E-state index contributed by atoms with van der Waals surface area (Å²) in [6.45, 7) is 0. The van der Waals surface area contributed by atoms with E-state index in [2.05, 4.69) is 15.3 Å². The number of hydrogen-bond donors (Lipinski definition) is 2. The highest BCUT2D eigenvalue weighted by atomic mass is 16.2. The molecular weight excluding hydrogens is 244 g/mol. The third kappa shape index (κ3) is 2.98. The van der Waals surface area contributed by atoms with Crippen LogP contribution in [0.5, 0.6) is 0 Å². The summed E-state index contributed by atoms with van der Waals surface area (Å²) in [6.07, 6.45) is 2.48. The highest BCUT2D eigenvalue weighted by Crippen LogP contribution is 2.15. The Morgan fingerprint density at radius 2 is 1.95 bits per heavy atom. The van der Waals surface area contributed by atoms with Crippen molar-refractivity contribution in [2.45, 2.75) is 0 Å². The molecule has 1 aromatic carbocycles. The van der Waals surface area contributed by atoms with Crippen LogP contribution in [0.4, 0.5) is 11.4 Å². The summed E-state index contributed by atoms with van der Waals surface area (Å²) in [6, 6.07) is 7.31. The Morgan fingerprint density at radius 3 is 2.53 bits per heavy atom. The number of hydrogen-bond acceptors (Lipinski definition) is 4. The molecule has 0 unspecified atom stereocenters. The summed E-state index contributed by atoms with van der Waals surface area (Å²) < 4.78 is 0. The van der Waals surface area contributed by atoms with Gasteiger partial charge in [-0.25, -0.2) is 4.98 Å². The molecule has 1 amide bonds. The average molecular weight is 258 g/mol. The number of rotatable bonds is 3. The molecule has 19 heavy (non-hydrogen) atoms. The molecule has 2 aromatic rings. The Balaban J connectivity index is 2.15. The van der Waals surface area contributed by atoms with Gasteiger partial charge in [0.15, 0.2) is 0 Å². The van der Waals surface area contributed by atoms with Gasteiger partial charge in [0.25, 0.3) is 11.5 Å². The fourth-order valence-corrected chi connectivity index (χ4v) is 1.55. The summed E-state index contributed by atoms with van der Waals surface area (Å²) in [5.41, 5.74) is 1.17. The van der Waals surface area contributed by atoms with Crippen molar-refractivity contribution < 1.29 is 4.79 Å². The Morgan fingerprint density at radius 1 is 1.26 bits per heavy atom. The lowest BCUT2D eigenvalue weighted by atomic mass is 10.2. The molecule has 6 nitrogen and oxygen atoms in total. The van der Waals surface area contributed by atoms with Crippen molar-refractivity contribution in [2.75, 3.05) is 24.3 Å². The molecule has 0 bridgehead atoms. The molecule has 0 fully saturated rings. The molecule has 98 valence electrons. The Kier molecular flexibility index (Phi) is 3.61. The molecule has 1 aromatic heterocycles. The molecule has 6 heteroatoms. The van der Waals surface area contributed by atoms with Gasteiger partial charge in [-0.05, 0) is 24.3 Å². The average Bonchev–Trinajstić information content (AvgIpc) is 2.39. The van der Waals surface area contributed by atoms with Crippen LogP contribution in [0.2, 0.25) is 0 Å². The van der Waals surface area contributed by atoms with Gasteiger partial charge in [0.2, 0.25) is 0 Å². The number of carbonyl (C=O) groups excluding carboxylic acids is 1. The Labute approximate surface area is 110 Å². The van der Waals surface area contributed by atoms with E-state index < -0.39 is 11.5 Å². The number of H-pyrrole nitrogens is 1. The zero-order valence-electron chi connectivity index (χ0n) is 10.7. The first-order chi connectivity index (χ1) is 9.08. The van der Waals surface area contributed by atoms with Crippen LogP contribution in [0.1, 0.15) is 10.4 Å². The predicted molar refractivity (Wildman–Crippen MR) is 73.6 cm³/mol. The molecule has 0 aliphatic rings. The second-order valence-electron chi connectivity index (χ2n) is 4.19. The summed E-state index contributed by atoms with van der Waals surface area (Å²) in [5, 5.41) is 2.65. The number of amides is 1. The van der Waals surface area contributed by atoms with E-state index in [0.717, 1.165) is 5.69 Å². The first-order valence-electron chi connectivity index (χ1n) is 5.69. The van der Waals surface area contributed by atoms with Crippen LogP contribution in [0, 0.1) is 0 Å². The maximum atomic E-state index is 11.9. The summed E-state index contributed by atoms with van der Waals surface area (Å²) >= 11 is 0. The first-order valence-corrected chi connectivity index (χ1v) is 5.69. The van der Waals surface area contributed by atoms with Gasteiger partial charge in [0.05, 0.1) is 6.33 Å². The largest absolute Gasteiger partial charge is 0.378 e. The van der Waals surface area contributed by atoms with Gasteiger partial charge < -0.3 is 15.2 Å². The van der Waals surface area contributed by atoms with Gasteiger partial charge in [-0.2, -0.15) is 0 Å². The number of aromatic nitrogens is 2. The zero-order valence-corrected chi connectivity index (χ0v) is 10.7. The lowest BCUT2D eigenvalue weighted by Crippen LogP contribution is -2.23.